The molecule has 198 valence electrons. The van der Waals surface area contributed by atoms with Crippen molar-refractivity contribution >= 4 is 23.9 Å². The topological polar surface area (TPSA) is 133 Å². The molecule has 0 saturated carbocycles. The minimum atomic E-state index is -1.56. The number of hydrogen-bond donors (Lipinski definition) is 0. The zero-order chi connectivity index (χ0) is 29.0. The average molecular weight is 505 g/mol. The maximum Gasteiger partial charge on any atom is 0.303 e. The lowest BCUT2D eigenvalue weighted by atomic mass is 9.98. The van der Waals surface area contributed by atoms with Crippen LogP contribution in [0.25, 0.3) is 0 Å². The maximum atomic E-state index is 12.1. The highest BCUT2D eigenvalue weighted by Gasteiger charge is 2.52. The van der Waals surface area contributed by atoms with E-state index < -0.39 is 88.8 Å². The number of esters is 4. The average Bonchev–Trinajstić information content (AvgIpc) is 2.94. The van der Waals surface area contributed by atoms with Crippen molar-refractivity contribution in [2.75, 3.05) is 26.4 Å². The van der Waals surface area contributed by atoms with Gasteiger partial charge in [-0.2, -0.15) is 0 Å². The third-order valence-electron chi connectivity index (χ3n) is 4.70. The van der Waals surface area contributed by atoms with Crippen LogP contribution in [0, 0.1) is 12.3 Å². The Bertz CT molecular complexity index is 807. The van der Waals surface area contributed by atoms with Crippen LogP contribution in [0.15, 0.2) is 0 Å². The van der Waals surface area contributed by atoms with Crippen molar-refractivity contribution in [1.29, 1.82) is 0 Å². The van der Waals surface area contributed by atoms with Gasteiger partial charge in [0.15, 0.2) is 24.6 Å². The molecule has 0 radical (unpaired) electrons. The highest BCUT2D eigenvalue weighted by atomic mass is 16.7. The van der Waals surface area contributed by atoms with Crippen LogP contribution in [-0.4, -0.2) is 81.0 Å². The summed E-state index contributed by atoms with van der Waals surface area (Å²) in [5, 5.41) is 0. The van der Waals surface area contributed by atoms with Crippen molar-refractivity contribution in [3.05, 3.63) is 0 Å². The number of terminal acetylenes is 1. The number of rotatable bonds is 15. The summed E-state index contributed by atoms with van der Waals surface area (Å²) >= 11 is 0. The number of carbonyl (C=O) groups is 4. The second-order valence-corrected chi connectivity index (χ2v) is 7.48. The molecule has 0 N–H and O–H groups in total. The predicted molar refractivity (Wildman–Crippen MR) is 121 cm³/mol. The maximum absolute atomic E-state index is 12.1. The summed E-state index contributed by atoms with van der Waals surface area (Å²) in [6.45, 7) is -2.67. The number of ether oxygens (including phenoxy) is 7. The van der Waals surface area contributed by atoms with E-state index >= 15 is 0 Å². The normalized spacial score (nSPS) is 25.1. The van der Waals surface area contributed by atoms with Crippen molar-refractivity contribution in [2.24, 2.45) is 0 Å². The minimum Gasteiger partial charge on any atom is -0.463 e. The molecule has 0 aliphatic carbocycles. The highest BCUT2D eigenvalue weighted by molar-refractivity contribution is 5.68. The first kappa shape index (κ1) is 24.0. The van der Waals surface area contributed by atoms with E-state index in [9.17, 15) is 19.2 Å². The van der Waals surface area contributed by atoms with E-state index in [1.54, 1.807) is 0 Å². The van der Waals surface area contributed by atoms with Gasteiger partial charge in [-0.25, -0.2) is 0 Å². The fourth-order valence-electron chi connectivity index (χ4n) is 3.35. The van der Waals surface area contributed by atoms with Crippen molar-refractivity contribution in [2.45, 2.75) is 90.4 Å². The Labute approximate surface area is 211 Å². The summed E-state index contributed by atoms with van der Waals surface area (Å²) in [6.07, 6.45) is 1.87. The molecule has 1 aliphatic rings. The summed E-state index contributed by atoms with van der Waals surface area (Å²) < 4.78 is 66.5. The van der Waals surface area contributed by atoms with Crippen molar-refractivity contribution in [3.8, 4) is 12.3 Å². The molecule has 0 aromatic rings. The molecular formula is C24H36O11. The van der Waals surface area contributed by atoms with Crippen molar-refractivity contribution < 1.29 is 57.8 Å². The van der Waals surface area contributed by atoms with E-state index in [1.807, 2.05) is 0 Å². The van der Waals surface area contributed by atoms with Gasteiger partial charge < -0.3 is 33.2 Å². The number of hydrogen-bond acceptors (Lipinski definition) is 11. The molecule has 1 saturated heterocycles. The monoisotopic (exact) mass is 504 g/mol. The summed E-state index contributed by atoms with van der Waals surface area (Å²) in [6, 6.07) is 0. The summed E-state index contributed by atoms with van der Waals surface area (Å²) in [7, 11) is 0. The zero-order valence-electron chi connectivity index (χ0n) is 23.6. The zero-order valence-corrected chi connectivity index (χ0v) is 19.6. The molecule has 11 heteroatoms. The fourth-order valence-corrected chi connectivity index (χ4v) is 3.35. The van der Waals surface area contributed by atoms with Gasteiger partial charge in [-0.3, -0.25) is 19.2 Å². The van der Waals surface area contributed by atoms with Gasteiger partial charge in [0.05, 0.1) is 0 Å². The Morgan fingerprint density at radius 1 is 0.800 bits per heavy atom. The first-order valence-corrected chi connectivity index (χ1v) is 11.0. The van der Waals surface area contributed by atoms with E-state index in [-0.39, 0.29) is 13.2 Å². The molecule has 1 aliphatic heterocycles. The largest absolute Gasteiger partial charge is 0.463 e. The summed E-state index contributed by atoms with van der Waals surface area (Å²) in [5.74, 6) is -1.62. The van der Waals surface area contributed by atoms with Gasteiger partial charge in [-0.05, 0) is 12.8 Å². The first-order valence-electron chi connectivity index (χ1n) is 13.8. The summed E-state index contributed by atoms with van der Waals surface area (Å²) in [5.41, 5.74) is 0. The van der Waals surface area contributed by atoms with Gasteiger partial charge in [0, 0.05) is 46.3 Å². The smallest absolute Gasteiger partial charge is 0.303 e. The van der Waals surface area contributed by atoms with Crippen LogP contribution in [0.4, 0.5) is 0 Å². The molecule has 0 aromatic heterocycles. The summed E-state index contributed by atoms with van der Waals surface area (Å²) in [4.78, 5) is 47.7. The molecule has 0 bridgehead atoms. The lowest BCUT2D eigenvalue weighted by Crippen LogP contribution is -2.63. The van der Waals surface area contributed by atoms with E-state index in [2.05, 4.69) is 5.92 Å². The van der Waals surface area contributed by atoms with Crippen LogP contribution in [0.2, 0.25) is 0 Å². The van der Waals surface area contributed by atoms with E-state index in [4.69, 9.17) is 45.1 Å². The molecule has 0 aromatic carbocycles. The van der Waals surface area contributed by atoms with Gasteiger partial charge in [0.25, 0.3) is 0 Å². The lowest BCUT2D eigenvalue weighted by molar-refractivity contribution is -0.308. The van der Waals surface area contributed by atoms with Gasteiger partial charge >= 0.3 is 23.9 Å². The van der Waals surface area contributed by atoms with Crippen LogP contribution < -0.4 is 0 Å². The Hall–Kier alpha value is -2.68. The van der Waals surface area contributed by atoms with Crippen LogP contribution in [0.3, 0.4) is 0 Å². The predicted octanol–water partition coefficient (Wildman–Crippen LogP) is 1.69. The Morgan fingerprint density at radius 3 is 2.00 bits per heavy atom. The molecule has 5 atom stereocenters. The number of carbonyl (C=O) groups excluding carboxylic acids is 4. The molecule has 35 heavy (non-hydrogen) atoms. The molecule has 1 fully saturated rings. The molecule has 11 nitrogen and oxygen atoms in total. The van der Waals surface area contributed by atoms with Crippen molar-refractivity contribution in [3.63, 3.8) is 0 Å². The molecule has 1 rings (SSSR count). The standard InChI is InChI=1S/C24H36O11/c1-6-12-29-13-10-8-7-9-11-14-30-24-23(34-19(5)28)22(33-18(4)27)21(32-17(3)26)20(35-24)15-31-16(2)25/h1,20-24H,7-15H2,2-5H3/t20-,21-,22+,23+,24?/m1/s1/i2D,3D,4D,5D. The molecule has 0 amide bonds. The second-order valence-electron chi connectivity index (χ2n) is 7.48. The third kappa shape index (κ3) is 12.5. The molecular weight excluding hydrogens is 464 g/mol. The minimum absolute atomic E-state index is 0.128. The van der Waals surface area contributed by atoms with Crippen molar-refractivity contribution in [1.82, 2.24) is 0 Å². The second kappa shape index (κ2) is 16.9. The highest BCUT2D eigenvalue weighted by Crippen LogP contribution is 2.30. The van der Waals surface area contributed by atoms with Gasteiger partial charge in [0.2, 0.25) is 0 Å². The van der Waals surface area contributed by atoms with E-state index in [0.717, 1.165) is 25.7 Å². The van der Waals surface area contributed by atoms with Gasteiger partial charge in [0.1, 0.15) is 19.3 Å². The molecule has 0 spiro atoms. The van der Waals surface area contributed by atoms with Gasteiger partial charge in [-0.1, -0.05) is 25.2 Å². The SMILES string of the molecule is [2H]CC(=O)OC[C@H]1OC(OCCCCCCCOCC#C)[C@@H](OC(=O)C[2H])[C@@H](OC(=O)C[2H])[C@@H]1OC(=O)C[2H]. The van der Waals surface area contributed by atoms with Gasteiger partial charge in [-0.15, -0.1) is 6.42 Å². The first-order chi connectivity index (χ1) is 18.8. The van der Waals surface area contributed by atoms with Crippen LogP contribution in [0.5, 0.6) is 0 Å². The van der Waals surface area contributed by atoms with E-state index in [1.165, 1.54) is 0 Å². The molecule has 1 unspecified atom stereocenters. The van der Waals surface area contributed by atoms with E-state index in [0.29, 0.717) is 13.0 Å². The Kier molecular flexibility index (Phi) is 11.6. The lowest BCUT2D eigenvalue weighted by Gasteiger charge is -2.44. The Balaban J connectivity index is 3.02. The van der Waals surface area contributed by atoms with Crippen LogP contribution >= 0.6 is 0 Å². The van der Waals surface area contributed by atoms with Crippen LogP contribution in [0.1, 0.15) is 65.2 Å². The fraction of sp³-hybridized carbons (Fsp3) is 0.750. The Morgan fingerprint density at radius 2 is 1.37 bits per heavy atom. The molecule has 1 heterocycles. The quantitative estimate of drug-likeness (QED) is 0.140. The third-order valence-corrected chi connectivity index (χ3v) is 4.70. The van der Waals surface area contributed by atoms with Crippen LogP contribution in [-0.2, 0) is 52.3 Å². The number of unbranched alkanes of at least 4 members (excludes halogenated alkanes) is 4.